The first-order valence-corrected chi connectivity index (χ1v) is 10.1. The van der Waals surface area contributed by atoms with Crippen molar-refractivity contribution in [3.8, 4) is 0 Å². The molecule has 0 radical (unpaired) electrons. The van der Waals surface area contributed by atoms with E-state index in [2.05, 4.69) is 6.58 Å². The van der Waals surface area contributed by atoms with Gasteiger partial charge in [0, 0.05) is 11.1 Å². The Hall–Kier alpha value is -2.04. The Morgan fingerprint density at radius 1 is 0.828 bits per heavy atom. The highest BCUT2D eigenvalue weighted by atomic mass is 35.5. The summed E-state index contributed by atoms with van der Waals surface area (Å²) in [6.07, 6.45) is 4.63. The number of hydrogen-bond donors (Lipinski definition) is 0. The van der Waals surface area contributed by atoms with Crippen LogP contribution < -0.4 is 0 Å². The van der Waals surface area contributed by atoms with Crippen molar-refractivity contribution in [2.75, 3.05) is 13.1 Å². The standard InChI is InChI=1S/C22H15Cl4NO2/c1-2-21(28)27-11-15(7-13-3-5-17(23)19(25)9-13)22(29)16(12-27)8-14-4-6-18(24)20(26)10-14/h2-10H,1,11-12H2/b15-7+,16-8+. The molecule has 1 fully saturated rings. The number of halogens is 4. The molecule has 29 heavy (non-hydrogen) atoms. The quantitative estimate of drug-likeness (QED) is 0.493. The monoisotopic (exact) mass is 465 g/mol. The molecular weight excluding hydrogens is 452 g/mol. The predicted octanol–water partition coefficient (Wildman–Crippen LogP) is 6.36. The van der Waals surface area contributed by atoms with Crippen LogP contribution in [0.1, 0.15) is 11.1 Å². The van der Waals surface area contributed by atoms with Crippen LogP contribution in [0.2, 0.25) is 20.1 Å². The number of amides is 1. The number of benzene rings is 2. The molecule has 0 atom stereocenters. The number of Topliss-reactive ketones (excluding diaryl/α,β-unsaturated/α-hetero) is 1. The lowest BCUT2D eigenvalue weighted by molar-refractivity contribution is -0.126. The molecule has 1 saturated heterocycles. The number of nitrogens with zero attached hydrogens (tertiary/aromatic N) is 1. The fourth-order valence-electron chi connectivity index (χ4n) is 2.93. The molecule has 7 heteroatoms. The molecule has 1 amide bonds. The van der Waals surface area contributed by atoms with E-state index >= 15 is 0 Å². The van der Waals surface area contributed by atoms with Crippen LogP contribution in [0.15, 0.2) is 60.2 Å². The van der Waals surface area contributed by atoms with Crippen molar-refractivity contribution in [3.63, 3.8) is 0 Å². The zero-order chi connectivity index (χ0) is 21.1. The lowest BCUT2D eigenvalue weighted by Crippen LogP contribution is -2.40. The van der Waals surface area contributed by atoms with E-state index in [9.17, 15) is 9.59 Å². The Labute approximate surface area is 188 Å². The molecule has 1 aliphatic rings. The van der Waals surface area contributed by atoms with Gasteiger partial charge >= 0.3 is 0 Å². The van der Waals surface area contributed by atoms with Gasteiger partial charge in [0.2, 0.25) is 5.91 Å². The molecule has 2 aromatic carbocycles. The van der Waals surface area contributed by atoms with Gasteiger partial charge in [-0.15, -0.1) is 0 Å². The first-order chi connectivity index (χ1) is 13.8. The van der Waals surface area contributed by atoms with Crippen LogP contribution in [0, 0.1) is 0 Å². The van der Waals surface area contributed by atoms with Crippen LogP contribution in [0.25, 0.3) is 12.2 Å². The van der Waals surface area contributed by atoms with Crippen molar-refractivity contribution in [1.82, 2.24) is 4.90 Å². The minimum atomic E-state index is -0.266. The van der Waals surface area contributed by atoms with Gasteiger partial charge in [-0.05, 0) is 53.6 Å². The highest BCUT2D eigenvalue weighted by molar-refractivity contribution is 6.42. The number of carbonyl (C=O) groups excluding carboxylic acids is 2. The van der Waals surface area contributed by atoms with Crippen LogP contribution in [0.3, 0.4) is 0 Å². The third kappa shape index (κ3) is 5.12. The minimum Gasteiger partial charge on any atom is -0.330 e. The van der Waals surface area contributed by atoms with E-state index in [1.54, 1.807) is 53.5 Å². The van der Waals surface area contributed by atoms with Gasteiger partial charge in [-0.3, -0.25) is 9.59 Å². The van der Waals surface area contributed by atoms with Crippen molar-refractivity contribution < 1.29 is 9.59 Å². The van der Waals surface area contributed by atoms with Gasteiger partial charge in [0.1, 0.15) is 0 Å². The zero-order valence-corrected chi connectivity index (χ0v) is 18.1. The van der Waals surface area contributed by atoms with Crippen LogP contribution in [-0.2, 0) is 9.59 Å². The summed E-state index contributed by atoms with van der Waals surface area (Å²) in [7, 11) is 0. The van der Waals surface area contributed by atoms with Gasteiger partial charge in [-0.25, -0.2) is 0 Å². The molecule has 0 aromatic heterocycles. The molecule has 0 bridgehead atoms. The van der Waals surface area contributed by atoms with Crippen molar-refractivity contribution in [1.29, 1.82) is 0 Å². The molecule has 3 rings (SSSR count). The second-order valence-electron chi connectivity index (χ2n) is 6.41. The number of likely N-dealkylation sites (tertiary alicyclic amines) is 1. The summed E-state index contributed by atoms with van der Waals surface area (Å²) in [5.41, 5.74) is 2.33. The van der Waals surface area contributed by atoms with E-state index in [1.807, 2.05) is 0 Å². The van der Waals surface area contributed by atoms with Crippen LogP contribution in [0.4, 0.5) is 0 Å². The topological polar surface area (TPSA) is 37.4 Å². The molecule has 0 unspecified atom stereocenters. The number of ketones is 1. The molecular formula is C22H15Cl4NO2. The highest BCUT2D eigenvalue weighted by Crippen LogP contribution is 2.28. The molecule has 2 aromatic rings. The minimum absolute atomic E-state index is 0.157. The Bertz CT molecular complexity index is 999. The van der Waals surface area contributed by atoms with E-state index in [0.717, 1.165) is 0 Å². The fourth-order valence-corrected chi connectivity index (χ4v) is 3.54. The maximum atomic E-state index is 13.1. The average Bonchev–Trinajstić information content (AvgIpc) is 2.69. The Balaban J connectivity index is 2.03. The summed E-state index contributed by atoms with van der Waals surface area (Å²) >= 11 is 24.1. The van der Waals surface area contributed by atoms with Gasteiger partial charge < -0.3 is 4.90 Å². The van der Waals surface area contributed by atoms with Crippen LogP contribution >= 0.6 is 46.4 Å². The van der Waals surface area contributed by atoms with Gasteiger partial charge in [-0.1, -0.05) is 65.1 Å². The van der Waals surface area contributed by atoms with Crippen molar-refractivity contribution >= 4 is 70.2 Å². The van der Waals surface area contributed by atoms with E-state index in [0.29, 0.717) is 42.4 Å². The molecule has 0 saturated carbocycles. The Morgan fingerprint density at radius 3 is 1.66 bits per heavy atom. The molecule has 1 heterocycles. The molecule has 0 N–H and O–H groups in total. The van der Waals surface area contributed by atoms with Gasteiger partial charge in [0.15, 0.2) is 5.78 Å². The van der Waals surface area contributed by atoms with E-state index < -0.39 is 0 Å². The summed E-state index contributed by atoms with van der Waals surface area (Å²) < 4.78 is 0. The average molecular weight is 467 g/mol. The largest absolute Gasteiger partial charge is 0.330 e. The van der Waals surface area contributed by atoms with Crippen molar-refractivity contribution in [2.24, 2.45) is 0 Å². The summed E-state index contributed by atoms with van der Waals surface area (Å²) in [6.45, 7) is 3.87. The van der Waals surface area contributed by atoms with Gasteiger partial charge in [0.25, 0.3) is 0 Å². The molecule has 3 nitrogen and oxygen atoms in total. The highest BCUT2D eigenvalue weighted by Gasteiger charge is 2.28. The Kier molecular flexibility index (Phi) is 6.86. The second kappa shape index (κ2) is 9.19. The molecule has 0 aliphatic carbocycles. The van der Waals surface area contributed by atoms with E-state index in [4.69, 9.17) is 46.4 Å². The van der Waals surface area contributed by atoms with Gasteiger partial charge in [-0.2, -0.15) is 0 Å². The SMILES string of the molecule is C=CC(=O)N1C/C(=C\c2ccc(Cl)c(Cl)c2)C(=O)/C(=C/c2ccc(Cl)c(Cl)c2)C1. The third-order valence-corrected chi connectivity index (χ3v) is 5.84. The number of piperidine rings is 1. The van der Waals surface area contributed by atoms with Crippen LogP contribution in [-0.4, -0.2) is 29.7 Å². The maximum Gasteiger partial charge on any atom is 0.246 e. The second-order valence-corrected chi connectivity index (χ2v) is 8.04. The lowest BCUT2D eigenvalue weighted by Gasteiger charge is -2.29. The molecule has 1 aliphatic heterocycles. The summed E-state index contributed by atoms with van der Waals surface area (Å²) in [6, 6.07) is 10.2. The fraction of sp³-hybridized carbons (Fsp3) is 0.0909. The van der Waals surface area contributed by atoms with E-state index in [1.165, 1.54) is 6.08 Å². The normalized spacial score (nSPS) is 17.1. The summed E-state index contributed by atoms with van der Waals surface area (Å²) in [4.78, 5) is 26.9. The lowest BCUT2D eigenvalue weighted by atomic mass is 9.94. The first-order valence-electron chi connectivity index (χ1n) is 8.56. The number of hydrogen-bond acceptors (Lipinski definition) is 2. The van der Waals surface area contributed by atoms with Crippen LogP contribution in [0.5, 0.6) is 0 Å². The van der Waals surface area contributed by atoms with Gasteiger partial charge in [0.05, 0.1) is 33.2 Å². The smallest absolute Gasteiger partial charge is 0.246 e. The number of rotatable bonds is 3. The maximum absolute atomic E-state index is 13.1. The predicted molar refractivity (Wildman–Crippen MR) is 121 cm³/mol. The molecule has 148 valence electrons. The zero-order valence-electron chi connectivity index (χ0n) is 15.1. The third-order valence-electron chi connectivity index (χ3n) is 4.36. The summed E-state index contributed by atoms with van der Waals surface area (Å²) in [5.74, 6) is -0.423. The molecule has 0 spiro atoms. The first kappa shape index (κ1) is 21.7. The summed E-state index contributed by atoms with van der Waals surface area (Å²) in [5, 5.41) is 1.62. The van der Waals surface area contributed by atoms with E-state index in [-0.39, 0.29) is 24.8 Å². The van der Waals surface area contributed by atoms with Crippen molar-refractivity contribution in [3.05, 3.63) is 91.4 Å². The Morgan fingerprint density at radius 2 is 1.28 bits per heavy atom. The van der Waals surface area contributed by atoms with Crippen molar-refractivity contribution in [2.45, 2.75) is 0 Å². The number of carbonyl (C=O) groups is 2.